The van der Waals surface area contributed by atoms with E-state index in [1.807, 2.05) is 66.0 Å². The lowest BCUT2D eigenvalue weighted by Gasteiger charge is -2.10. The van der Waals surface area contributed by atoms with Gasteiger partial charge in [0.1, 0.15) is 5.75 Å². The fraction of sp³-hybridized carbons (Fsp3) is 0.100. The lowest BCUT2D eigenvalue weighted by Crippen LogP contribution is -2.24. The van der Waals surface area contributed by atoms with E-state index in [-0.39, 0.29) is 12.5 Å². The van der Waals surface area contributed by atoms with Gasteiger partial charge in [-0.15, -0.1) is 23.1 Å². The van der Waals surface area contributed by atoms with Gasteiger partial charge in [-0.25, -0.2) is 5.43 Å². The third-order valence-corrected chi connectivity index (χ3v) is 5.58. The number of rotatable bonds is 8. The van der Waals surface area contributed by atoms with E-state index in [2.05, 4.69) is 10.5 Å². The zero-order chi connectivity index (χ0) is 18.9. The van der Waals surface area contributed by atoms with Crippen LogP contribution < -0.4 is 10.2 Å². The molecule has 0 fully saturated rings. The summed E-state index contributed by atoms with van der Waals surface area (Å²) in [4.78, 5) is 14.0. The van der Waals surface area contributed by atoms with E-state index in [0.717, 1.165) is 26.1 Å². The Hall–Kier alpha value is -2.28. The number of carbonyl (C=O) groups excluding carboxylic acids is 1. The van der Waals surface area contributed by atoms with Gasteiger partial charge in [0, 0.05) is 26.1 Å². The number of benzene rings is 2. The smallest absolute Gasteiger partial charge is 0.277 e. The minimum atomic E-state index is -0.303. The summed E-state index contributed by atoms with van der Waals surface area (Å²) in [6, 6.07) is 19.2. The van der Waals surface area contributed by atoms with Crippen LogP contribution in [0.15, 0.2) is 76.0 Å². The van der Waals surface area contributed by atoms with Gasteiger partial charge in [-0.1, -0.05) is 35.9 Å². The van der Waals surface area contributed by atoms with Gasteiger partial charge in [-0.3, -0.25) is 4.79 Å². The van der Waals surface area contributed by atoms with Gasteiger partial charge in [0.15, 0.2) is 6.61 Å². The van der Waals surface area contributed by atoms with E-state index in [0.29, 0.717) is 5.75 Å². The molecule has 0 aliphatic heterocycles. The highest BCUT2D eigenvalue weighted by molar-refractivity contribution is 7.98. The molecule has 7 heteroatoms. The normalized spacial score (nSPS) is 10.9. The highest BCUT2D eigenvalue weighted by atomic mass is 35.5. The zero-order valence-corrected chi connectivity index (χ0v) is 16.7. The molecular formula is C20H17ClN2O2S2. The van der Waals surface area contributed by atoms with Gasteiger partial charge < -0.3 is 4.74 Å². The number of para-hydroxylation sites is 1. The second kappa shape index (κ2) is 10.2. The first-order valence-corrected chi connectivity index (χ1v) is 10.4. The van der Waals surface area contributed by atoms with E-state index < -0.39 is 0 Å². The first-order chi connectivity index (χ1) is 13.2. The van der Waals surface area contributed by atoms with Gasteiger partial charge in [0.05, 0.1) is 6.21 Å². The predicted octanol–water partition coefficient (Wildman–Crippen LogP) is 5.22. The molecule has 0 aliphatic carbocycles. The molecule has 0 radical (unpaired) electrons. The summed E-state index contributed by atoms with van der Waals surface area (Å²) in [5.74, 6) is 1.12. The first-order valence-electron chi connectivity index (χ1n) is 8.15. The van der Waals surface area contributed by atoms with Crippen molar-refractivity contribution in [2.45, 2.75) is 10.6 Å². The molecule has 0 saturated carbocycles. The molecular weight excluding hydrogens is 400 g/mol. The Balaban J connectivity index is 1.51. The number of hydrogen-bond donors (Lipinski definition) is 1. The molecule has 3 aromatic rings. The molecule has 0 atom stereocenters. The van der Waals surface area contributed by atoms with Crippen molar-refractivity contribution in [3.8, 4) is 5.75 Å². The second-order valence-corrected chi connectivity index (χ2v) is 7.91. The Morgan fingerprint density at radius 3 is 2.74 bits per heavy atom. The molecule has 1 heterocycles. The third kappa shape index (κ3) is 6.43. The molecule has 0 bridgehead atoms. The summed E-state index contributed by atoms with van der Waals surface area (Å²) in [5.41, 5.74) is 3.49. The SMILES string of the molecule is O=C(COc1ccccc1CSc1ccc(Cl)cc1)NN=Cc1cccs1. The predicted molar refractivity (Wildman–Crippen MR) is 113 cm³/mol. The fourth-order valence-electron chi connectivity index (χ4n) is 2.16. The molecule has 1 amide bonds. The van der Waals surface area contributed by atoms with Crippen molar-refractivity contribution in [2.75, 3.05) is 6.61 Å². The number of halogens is 1. The number of hydrogen-bond acceptors (Lipinski definition) is 5. The summed E-state index contributed by atoms with van der Waals surface area (Å²) in [7, 11) is 0. The highest BCUT2D eigenvalue weighted by Crippen LogP contribution is 2.28. The molecule has 1 aromatic heterocycles. The Labute approximate surface area is 171 Å². The Morgan fingerprint density at radius 1 is 1.15 bits per heavy atom. The van der Waals surface area contributed by atoms with Crippen molar-refractivity contribution in [3.63, 3.8) is 0 Å². The van der Waals surface area contributed by atoms with Crippen molar-refractivity contribution in [1.29, 1.82) is 0 Å². The quantitative estimate of drug-likeness (QED) is 0.311. The van der Waals surface area contributed by atoms with Crippen LogP contribution in [-0.4, -0.2) is 18.7 Å². The number of nitrogens with one attached hydrogen (secondary N) is 1. The molecule has 27 heavy (non-hydrogen) atoms. The van der Waals surface area contributed by atoms with Crippen LogP contribution in [0.5, 0.6) is 5.75 Å². The van der Waals surface area contributed by atoms with Crippen LogP contribution in [0.3, 0.4) is 0 Å². The Morgan fingerprint density at radius 2 is 1.96 bits per heavy atom. The van der Waals surface area contributed by atoms with Crippen molar-refractivity contribution in [3.05, 3.63) is 81.5 Å². The van der Waals surface area contributed by atoms with E-state index >= 15 is 0 Å². The van der Waals surface area contributed by atoms with E-state index in [4.69, 9.17) is 16.3 Å². The van der Waals surface area contributed by atoms with Crippen LogP contribution in [-0.2, 0) is 10.5 Å². The number of ether oxygens (including phenoxy) is 1. The number of carbonyl (C=O) groups is 1. The molecule has 138 valence electrons. The van der Waals surface area contributed by atoms with Gasteiger partial charge in [0.25, 0.3) is 5.91 Å². The monoisotopic (exact) mass is 416 g/mol. The summed E-state index contributed by atoms with van der Waals surface area (Å²) in [6.07, 6.45) is 1.61. The van der Waals surface area contributed by atoms with Crippen molar-refractivity contribution >= 4 is 46.8 Å². The van der Waals surface area contributed by atoms with E-state index in [9.17, 15) is 4.79 Å². The maximum Gasteiger partial charge on any atom is 0.277 e. The average molecular weight is 417 g/mol. The maximum atomic E-state index is 11.9. The van der Waals surface area contributed by atoms with Crippen molar-refractivity contribution in [1.82, 2.24) is 5.43 Å². The molecule has 0 aliphatic rings. The summed E-state index contributed by atoms with van der Waals surface area (Å²) in [5, 5.41) is 6.59. The molecule has 0 saturated heterocycles. The Bertz CT molecular complexity index is 897. The van der Waals surface area contributed by atoms with Crippen LogP contribution in [0.1, 0.15) is 10.4 Å². The van der Waals surface area contributed by atoms with E-state index in [1.54, 1.807) is 29.3 Å². The van der Waals surface area contributed by atoms with Crippen LogP contribution >= 0.6 is 34.7 Å². The van der Waals surface area contributed by atoms with Crippen molar-refractivity contribution < 1.29 is 9.53 Å². The number of hydrazone groups is 1. The van der Waals surface area contributed by atoms with Gasteiger partial charge in [-0.05, 0) is 41.8 Å². The van der Waals surface area contributed by atoms with Gasteiger partial charge in [0.2, 0.25) is 0 Å². The lowest BCUT2D eigenvalue weighted by molar-refractivity contribution is -0.123. The molecule has 0 unspecified atom stereocenters. The largest absolute Gasteiger partial charge is 0.483 e. The number of nitrogens with zero attached hydrogens (tertiary/aromatic N) is 1. The maximum absolute atomic E-state index is 11.9. The summed E-state index contributed by atoms with van der Waals surface area (Å²) < 4.78 is 5.68. The Kier molecular flexibility index (Phi) is 7.33. The number of thiophene rings is 1. The fourth-order valence-corrected chi connectivity index (χ4v) is 3.76. The second-order valence-electron chi connectivity index (χ2n) is 5.45. The number of thioether (sulfide) groups is 1. The van der Waals surface area contributed by atoms with Crippen LogP contribution in [0.25, 0.3) is 0 Å². The lowest BCUT2D eigenvalue weighted by atomic mass is 10.2. The van der Waals surface area contributed by atoms with Crippen LogP contribution in [0.4, 0.5) is 0 Å². The minimum Gasteiger partial charge on any atom is -0.483 e. The minimum absolute atomic E-state index is 0.0929. The zero-order valence-electron chi connectivity index (χ0n) is 14.3. The standard InChI is InChI=1S/C20H17ClN2O2S2/c21-16-7-9-17(10-8-16)27-14-15-4-1-2-6-19(15)25-13-20(24)23-22-12-18-5-3-11-26-18/h1-12H,13-14H2,(H,23,24). The molecule has 4 nitrogen and oxygen atoms in total. The summed E-state index contributed by atoms with van der Waals surface area (Å²) >= 11 is 9.14. The molecule has 1 N–H and O–H groups in total. The molecule has 3 rings (SSSR count). The van der Waals surface area contributed by atoms with Crippen molar-refractivity contribution in [2.24, 2.45) is 5.10 Å². The van der Waals surface area contributed by atoms with E-state index in [1.165, 1.54) is 0 Å². The first kappa shape index (κ1) is 19.5. The van der Waals surface area contributed by atoms with Crippen LogP contribution in [0, 0.1) is 0 Å². The molecule has 0 spiro atoms. The average Bonchev–Trinajstić information content (AvgIpc) is 3.20. The molecule has 2 aromatic carbocycles. The topological polar surface area (TPSA) is 50.7 Å². The third-order valence-electron chi connectivity index (χ3n) is 3.46. The number of amides is 1. The van der Waals surface area contributed by atoms with Crippen LogP contribution in [0.2, 0.25) is 5.02 Å². The van der Waals surface area contributed by atoms with Gasteiger partial charge >= 0.3 is 0 Å². The summed E-state index contributed by atoms with van der Waals surface area (Å²) in [6.45, 7) is -0.0929. The highest BCUT2D eigenvalue weighted by Gasteiger charge is 2.07. The van der Waals surface area contributed by atoms with Gasteiger partial charge in [-0.2, -0.15) is 5.10 Å².